The van der Waals surface area contributed by atoms with Gasteiger partial charge in [-0.05, 0) is 19.8 Å². The number of rotatable bonds is 3. The number of halogens is 1. The van der Waals surface area contributed by atoms with Crippen molar-refractivity contribution in [1.82, 2.24) is 10.2 Å². The Bertz CT molecular complexity index is 295. The Labute approximate surface area is 87.6 Å². The molecule has 0 aliphatic carbocycles. The van der Waals surface area contributed by atoms with Gasteiger partial charge in [-0.3, -0.25) is 0 Å². The second-order valence-corrected chi connectivity index (χ2v) is 4.14. The topological polar surface area (TPSA) is 48.2 Å². The van der Waals surface area contributed by atoms with Crippen LogP contribution in [0.3, 0.4) is 0 Å². The lowest BCUT2D eigenvalue weighted by Gasteiger charge is -2.04. The van der Waals surface area contributed by atoms with Crippen molar-refractivity contribution in [1.29, 1.82) is 0 Å². The van der Waals surface area contributed by atoms with E-state index in [2.05, 4.69) is 10.2 Å². The van der Waals surface area contributed by atoms with Crippen molar-refractivity contribution in [3.05, 3.63) is 11.8 Å². The van der Waals surface area contributed by atoms with Gasteiger partial charge in [-0.2, -0.15) is 0 Å². The van der Waals surface area contributed by atoms with Gasteiger partial charge in [0.25, 0.3) is 0 Å². The molecule has 1 aliphatic heterocycles. The fourth-order valence-electron chi connectivity index (χ4n) is 1.51. The smallest absolute Gasteiger partial charge is 0.234 e. The largest absolute Gasteiger partial charge is 0.424 e. The Morgan fingerprint density at radius 1 is 1.57 bits per heavy atom. The molecule has 2 heterocycles. The zero-order valence-corrected chi connectivity index (χ0v) is 8.83. The predicted molar refractivity (Wildman–Crippen MR) is 51.2 cm³/mol. The van der Waals surface area contributed by atoms with Crippen molar-refractivity contribution < 1.29 is 9.15 Å². The second-order valence-electron chi connectivity index (χ2n) is 3.49. The van der Waals surface area contributed by atoms with Crippen molar-refractivity contribution in [2.75, 3.05) is 6.61 Å². The Hall–Kier alpha value is -0.610. The molecular weight excluding hydrogens is 204 g/mol. The molecule has 0 N–H and O–H groups in total. The average Bonchev–Trinajstić information content (AvgIpc) is 2.75. The normalized spacial score (nSPS) is 24.0. The quantitative estimate of drug-likeness (QED) is 0.726. The van der Waals surface area contributed by atoms with Crippen LogP contribution in [-0.2, 0) is 11.2 Å². The van der Waals surface area contributed by atoms with Crippen LogP contribution in [0.5, 0.6) is 0 Å². The van der Waals surface area contributed by atoms with Gasteiger partial charge >= 0.3 is 0 Å². The molecule has 4 nitrogen and oxygen atoms in total. The number of ether oxygens (including phenoxy) is 1. The highest BCUT2D eigenvalue weighted by Gasteiger charge is 2.20. The zero-order chi connectivity index (χ0) is 9.97. The molecule has 2 unspecified atom stereocenters. The van der Waals surface area contributed by atoms with Crippen LogP contribution in [0.15, 0.2) is 4.42 Å². The lowest BCUT2D eigenvalue weighted by atomic mass is 10.2. The van der Waals surface area contributed by atoms with Crippen molar-refractivity contribution in [2.45, 2.75) is 37.7 Å². The lowest BCUT2D eigenvalue weighted by Crippen LogP contribution is -2.08. The lowest BCUT2D eigenvalue weighted by molar-refractivity contribution is 0.105. The van der Waals surface area contributed by atoms with Crippen molar-refractivity contribution >= 4 is 11.6 Å². The summed E-state index contributed by atoms with van der Waals surface area (Å²) in [6.45, 7) is 2.66. The summed E-state index contributed by atoms with van der Waals surface area (Å²) in [5.74, 6) is 1.11. The van der Waals surface area contributed by atoms with Gasteiger partial charge in [-0.15, -0.1) is 21.8 Å². The van der Waals surface area contributed by atoms with E-state index in [0.717, 1.165) is 19.4 Å². The average molecular weight is 217 g/mol. The molecule has 2 rings (SSSR count). The van der Waals surface area contributed by atoms with E-state index in [0.29, 0.717) is 18.2 Å². The molecule has 0 spiro atoms. The van der Waals surface area contributed by atoms with Crippen molar-refractivity contribution in [3.8, 4) is 0 Å². The van der Waals surface area contributed by atoms with E-state index in [9.17, 15) is 0 Å². The van der Waals surface area contributed by atoms with Crippen LogP contribution in [0.25, 0.3) is 0 Å². The summed E-state index contributed by atoms with van der Waals surface area (Å²) in [6.07, 6.45) is 3.15. The van der Waals surface area contributed by atoms with Crippen LogP contribution in [0.4, 0.5) is 0 Å². The summed E-state index contributed by atoms with van der Waals surface area (Å²) in [6, 6.07) is 0. The first-order valence-electron chi connectivity index (χ1n) is 4.83. The minimum absolute atomic E-state index is 0.222. The maximum Gasteiger partial charge on any atom is 0.234 e. The highest BCUT2D eigenvalue weighted by Crippen LogP contribution is 2.20. The summed E-state index contributed by atoms with van der Waals surface area (Å²) < 4.78 is 10.8. The maximum atomic E-state index is 5.81. The van der Waals surface area contributed by atoms with E-state index >= 15 is 0 Å². The van der Waals surface area contributed by atoms with E-state index in [-0.39, 0.29) is 11.5 Å². The van der Waals surface area contributed by atoms with Gasteiger partial charge in [-0.25, -0.2) is 0 Å². The molecule has 1 fully saturated rings. The Morgan fingerprint density at radius 2 is 2.43 bits per heavy atom. The third kappa shape index (κ3) is 2.25. The van der Waals surface area contributed by atoms with E-state index in [1.807, 2.05) is 6.92 Å². The maximum absolute atomic E-state index is 5.81. The van der Waals surface area contributed by atoms with Crippen molar-refractivity contribution in [3.63, 3.8) is 0 Å². The van der Waals surface area contributed by atoms with Crippen LogP contribution in [0, 0.1) is 0 Å². The molecule has 14 heavy (non-hydrogen) atoms. The molecule has 0 amide bonds. The fourth-order valence-corrected chi connectivity index (χ4v) is 1.60. The molecule has 5 heteroatoms. The molecule has 0 saturated carbocycles. The van der Waals surface area contributed by atoms with Crippen LogP contribution in [-0.4, -0.2) is 22.9 Å². The number of alkyl halides is 1. The molecule has 0 aromatic carbocycles. The first-order valence-corrected chi connectivity index (χ1v) is 5.27. The first kappa shape index (κ1) is 9.93. The minimum atomic E-state index is -0.222. The van der Waals surface area contributed by atoms with Crippen molar-refractivity contribution in [2.24, 2.45) is 0 Å². The highest BCUT2D eigenvalue weighted by molar-refractivity contribution is 6.20. The number of hydrogen-bond donors (Lipinski definition) is 0. The summed E-state index contributed by atoms with van der Waals surface area (Å²) in [5, 5.41) is 7.55. The molecule has 1 aromatic rings. The number of nitrogens with zero attached hydrogens (tertiary/aromatic N) is 2. The standard InChI is InChI=1S/C9H13ClN2O2/c1-6(10)9-12-11-8(14-9)5-7-3-2-4-13-7/h6-7H,2-5H2,1H3. The Kier molecular flexibility index (Phi) is 3.03. The van der Waals surface area contributed by atoms with Crippen LogP contribution in [0.1, 0.15) is 36.9 Å². The molecule has 1 aliphatic rings. The van der Waals surface area contributed by atoms with Gasteiger partial charge in [-0.1, -0.05) is 0 Å². The molecule has 0 bridgehead atoms. The summed E-state index contributed by atoms with van der Waals surface area (Å²) in [7, 11) is 0. The van der Waals surface area contributed by atoms with Gasteiger partial charge in [0.05, 0.1) is 12.5 Å². The van der Waals surface area contributed by atoms with E-state index in [1.54, 1.807) is 0 Å². The van der Waals surface area contributed by atoms with E-state index < -0.39 is 0 Å². The summed E-state index contributed by atoms with van der Waals surface area (Å²) >= 11 is 5.81. The van der Waals surface area contributed by atoms with Crippen LogP contribution < -0.4 is 0 Å². The van der Waals surface area contributed by atoms with Gasteiger partial charge in [0.15, 0.2) is 0 Å². The first-order chi connectivity index (χ1) is 6.75. The minimum Gasteiger partial charge on any atom is -0.424 e. The third-order valence-corrected chi connectivity index (χ3v) is 2.44. The van der Waals surface area contributed by atoms with Gasteiger partial charge < -0.3 is 9.15 Å². The second kappa shape index (κ2) is 4.28. The molecule has 78 valence electrons. The predicted octanol–water partition coefficient (Wildman–Crippen LogP) is 2.09. The Balaban J connectivity index is 1.95. The van der Waals surface area contributed by atoms with E-state index in [1.165, 1.54) is 0 Å². The molecule has 1 aromatic heterocycles. The Morgan fingerprint density at radius 3 is 3.00 bits per heavy atom. The molecule has 0 radical (unpaired) electrons. The van der Waals surface area contributed by atoms with E-state index in [4.69, 9.17) is 20.8 Å². The third-order valence-electron chi connectivity index (χ3n) is 2.25. The highest BCUT2D eigenvalue weighted by atomic mass is 35.5. The molecule has 2 atom stereocenters. The number of hydrogen-bond acceptors (Lipinski definition) is 4. The van der Waals surface area contributed by atoms with Crippen LogP contribution >= 0.6 is 11.6 Å². The molecular formula is C9H13ClN2O2. The monoisotopic (exact) mass is 216 g/mol. The fraction of sp³-hybridized carbons (Fsp3) is 0.778. The van der Waals surface area contributed by atoms with Gasteiger partial charge in [0.2, 0.25) is 11.8 Å². The van der Waals surface area contributed by atoms with Gasteiger partial charge in [0, 0.05) is 6.61 Å². The SMILES string of the molecule is CC(Cl)c1nnc(CC2CCCO2)o1. The zero-order valence-electron chi connectivity index (χ0n) is 8.07. The molecule has 1 saturated heterocycles. The summed E-state index contributed by atoms with van der Waals surface area (Å²) in [4.78, 5) is 0. The van der Waals surface area contributed by atoms with Gasteiger partial charge in [0.1, 0.15) is 5.38 Å². The summed E-state index contributed by atoms with van der Waals surface area (Å²) in [5.41, 5.74) is 0. The number of aromatic nitrogens is 2. The van der Waals surface area contributed by atoms with Crippen LogP contribution in [0.2, 0.25) is 0 Å².